The van der Waals surface area contributed by atoms with E-state index in [0.717, 1.165) is 18.4 Å². The average molecular weight is 383 g/mol. The van der Waals surface area contributed by atoms with Gasteiger partial charge in [0.1, 0.15) is 0 Å². The summed E-state index contributed by atoms with van der Waals surface area (Å²) in [4.78, 5) is 16.6. The Kier molecular flexibility index (Phi) is 5.41. The highest BCUT2D eigenvalue weighted by atomic mass is 32.2. The van der Waals surface area contributed by atoms with Crippen LogP contribution < -0.4 is 4.72 Å². The molecule has 7 heteroatoms. The number of carbonyl (C=O) groups is 1. The number of hydrogen-bond donors (Lipinski definition) is 1. The number of aromatic nitrogens is 2. The number of sulfonamides is 1. The van der Waals surface area contributed by atoms with Gasteiger partial charge in [0.05, 0.1) is 4.90 Å². The lowest BCUT2D eigenvalue weighted by Gasteiger charge is -2.09. The number of imidazole rings is 1. The van der Waals surface area contributed by atoms with Gasteiger partial charge in [-0.2, -0.15) is 0 Å². The number of hydrogen-bond acceptors (Lipinski definition) is 4. The molecule has 0 unspecified atom stereocenters. The van der Waals surface area contributed by atoms with Crippen molar-refractivity contribution in [2.24, 2.45) is 7.05 Å². The van der Waals surface area contributed by atoms with Crippen LogP contribution in [0.3, 0.4) is 0 Å². The molecule has 0 bridgehead atoms. The summed E-state index contributed by atoms with van der Waals surface area (Å²) in [6.07, 6.45) is 5.18. The molecule has 0 aliphatic heterocycles. The molecule has 2 aromatic carbocycles. The molecule has 6 nitrogen and oxygen atoms in total. The Morgan fingerprint density at radius 3 is 2.30 bits per heavy atom. The van der Waals surface area contributed by atoms with Gasteiger partial charge in [0.25, 0.3) is 10.0 Å². The molecule has 1 heterocycles. The van der Waals surface area contributed by atoms with Crippen LogP contribution in [0.15, 0.2) is 65.8 Å². The second-order valence-corrected chi connectivity index (χ2v) is 7.95. The molecule has 3 aromatic rings. The Morgan fingerprint density at radius 2 is 1.74 bits per heavy atom. The zero-order valence-corrected chi connectivity index (χ0v) is 16.0. The van der Waals surface area contributed by atoms with Crippen molar-refractivity contribution < 1.29 is 13.2 Å². The number of rotatable bonds is 7. The highest BCUT2D eigenvalue weighted by Crippen LogP contribution is 2.18. The summed E-state index contributed by atoms with van der Waals surface area (Å²) in [5, 5.41) is 0. The molecule has 0 aliphatic rings. The van der Waals surface area contributed by atoms with E-state index in [-0.39, 0.29) is 10.7 Å². The molecule has 1 aromatic heterocycles. The Hall–Kier alpha value is -2.93. The number of ketones is 1. The summed E-state index contributed by atoms with van der Waals surface area (Å²) in [7, 11) is -1.93. The zero-order valence-electron chi connectivity index (χ0n) is 15.2. The zero-order chi connectivity index (χ0) is 19.4. The number of nitrogens with zero attached hydrogens (tertiary/aromatic N) is 2. The third-order valence-electron chi connectivity index (χ3n) is 4.20. The predicted molar refractivity (Wildman–Crippen MR) is 104 cm³/mol. The average Bonchev–Trinajstić information content (AvgIpc) is 3.08. The van der Waals surface area contributed by atoms with Gasteiger partial charge in [0.2, 0.25) is 5.78 Å². The van der Waals surface area contributed by atoms with Crippen molar-refractivity contribution in [3.63, 3.8) is 0 Å². The summed E-state index contributed by atoms with van der Waals surface area (Å²) in [5.74, 6) is 0.110. The minimum atomic E-state index is -3.68. The van der Waals surface area contributed by atoms with Gasteiger partial charge in [0, 0.05) is 30.7 Å². The van der Waals surface area contributed by atoms with E-state index >= 15 is 0 Å². The molecular weight excluding hydrogens is 362 g/mol. The highest BCUT2D eigenvalue weighted by molar-refractivity contribution is 7.92. The van der Waals surface area contributed by atoms with Crippen molar-refractivity contribution in [3.8, 4) is 0 Å². The highest BCUT2D eigenvalue weighted by Gasteiger charge is 2.16. The largest absolute Gasteiger partial charge is 0.331 e. The first-order chi connectivity index (χ1) is 12.9. The lowest BCUT2D eigenvalue weighted by molar-refractivity contribution is 0.102. The lowest BCUT2D eigenvalue weighted by Crippen LogP contribution is -2.13. The molecule has 140 valence electrons. The van der Waals surface area contributed by atoms with Crippen molar-refractivity contribution in [2.45, 2.75) is 24.7 Å². The van der Waals surface area contributed by atoms with E-state index < -0.39 is 10.0 Å². The van der Waals surface area contributed by atoms with E-state index in [9.17, 15) is 13.2 Å². The van der Waals surface area contributed by atoms with E-state index in [2.05, 4.69) is 16.6 Å². The van der Waals surface area contributed by atoms with E-state index in [0.29, 0.717) is 17.1 Å². The third-order valence-corrected chi connectivity index (χ3v) is 5.59. The van der Waals surface area contributed by atoms with Crippen LogP contribution in [-0.4, -0.2) is 23.8 Å². The van der Waals surface area contributed by atoms with Crippen molar-refractivity contribution in [3.05, 3.63) is 77.9 Å². The van der Waals surface area contributed by atoms with Gasteiger partial charge < -0.3 is 4.57 Å². The Morgan fingerprint density at radius 1 is 1.07 bits per heavy atom. The molecule has 0 saturated heterocycles. The number of benzene rings is 2. The van der Waals surface area contributed by atoms with Crippen LogP contribution in [0.25, 0.3) is 0 Å². The van der Waals surface area contributed by atoms with Gasteiger partial charge in [-0.1, -0.05) is 25.5 Å². The van der Waals surface area contributed by atoms with Gasteiger partial charge >= 0.3 is 0 Å². The minimum Gasteiger partial charge on any atom is -0.331 e. The molecule has 0 fully saturated rings. The number of carbonyl (C=O) groups excluding carboxylic acids is 1. The molecule has 3 rings (SSSR count). The molecular formula is C20H21N3O3S. The number of anilines is 1. The van der Waals surface area contributed by atoms with Crippen molar-refractivity contribution in [1.29, 1.82) is 0 Å². The van der Waals surface area contributed by atoms with Crippen LogP contribution in [0.5, 0.6) is 0 Å². The molecule has 0 saturated carbocycles. The predicted octanol–water partition coefficient (Wildman–Crippen LogP) is 3.40. The first-order valence-corrected chi connectivity index (χ1v) is 10.1. The SMILES string of the molecule is CCCc1ccc(S(=O)(=O)Nc2ccc(C(=O)c3nccn3C)cc2)cc1. The molecule has 0 aliphatic carbocycles. The Labute approximate surface area is 158 Å². The topological polar surface area (TPSA) is 81.1 Å². The van der Waals surface area contributed by atoms with Gasteiger partial charge in [-0.15, -0.1) is 0 Å². The third kappa shape index (κ3) is 4.25. The summed E-state index contributed by atoms with van der Waals surface area (Å²) in [6, 6.07) is 13.2. The van der Waals surface area contributed by atoms with Crippen LogP contribution in [0.2, 0.25) is 0 Å². The molecule has 0 atom stereocenters. The van der Waals surface area contributed by atoms with Crippen LogP contribution >= 0.6 is 0 Å². The maximum absolute atomic E-state index is 12.5. The fourth-order valence-electron chi connectivity index (χ4n) is 2.74. The monoisotopic (exact) mass is 383 g/mol. The van der Waals surface area contributed by atoms with Crippen LogP contribution in [0.4, 0.5) is 5.69 Å². The van der Waals surface area contributed by atoms with Crippen molar-refractivity contribution >= 4 is 21.5 Å². The van der Waals surface area contributed by atoms with E-state index in [1.165, 1.54) is 0 Å². The van der Waals surface area contributed by atoms with E-state index in [4.69, 9.17) is 0 Å². The maximum Gasteiger partial charge on any atom is 0.261 e. The second kappa shape index (κ2) is 7.75. The van der Waals surface area contributed by atoms with Crippen LogP contribution in [0.1, 0.15) is 35.1 Å². The molecule has 1 N–H and O–H groups in total. The van der Waals surface area contributed by atoms with Crippen LogP contribution in [0, 0.1) is 0 Å². The van der Waals surface area contributed by atoms with E-state index in [1.807, 2.05) is 12.1 Å². The Balaban J connectivity index is 1.75. The lowest BCUT2D eigenvalue weighted by atomic mass is 10.1. The first-order valence-electron chi connectivity index (χ1n) is 8.64. The van der Waals surface area contributed by atoms with Crippen LogP contribution in [-0.2, 0) is 23.5 Å². The number of nitrogens with one attached hydrogen (secondary N) is 1. The molecule has 0 amide bonds. The summed E-state index contributed by atoms with van der Waals surface area (Å²) < 4.78 is 29.2. The summed E-state index contributed by atoms with van der Waals surface area (Å²) in [6.45, 7) is 2.08. The van der Waals surface area contributed by atoms with Gasteiger partial charge in [0.15, 0.2) is 5.82 Å². The summed E-state index contributed by atoms with van der Waals surface area (Å²) in [5.41, 5.74) is 1.94. The number of aryl methyl sites for hydroxylation is 2. The van der Waals surface area contributed by atoms with Crippen molar-refractivity contribution in [1.82, 2.24) is 9.55 Å². The molecule has 0 radical (unpaired) electrons. The van der Waals surface area contributed by atoms with E-state index in [1.54, 1.807) is 60.4 Å². The first kappa shape index (κ1) is 18.8. The van der Waals surface area contributed by atoms with Gasteiger partial charge in [-0.3, -0.25) is 9.52 Å². The van der Waals surface area contributed by atoms with Gasteiger partial charge in [-0.25, -0.2) is 13.4 Å². The van der Waals surface area contributed by atoms with Gasteiger partial charge in [-0.05, 0) is 48.4 Å². The Bertz CT molecular complexity index is 1040. The fraction of sp³-hybridized carbons (Fsp3) is 0.200. The summed E-state index contributed by atoms with van der Waals surface area (Å²) >= 11 is 0. The fourth-order valence-corrected chi connectivity index (χ4v) is 3.80. The van der Waals surface area contributed by atoms with Crippen molar-refractivity contribution in [2.75, 3.05) is 4.72 Å². The normalized spacial score (nSPS) is 11.3. The molecule has 0 spiro atoms. The second-order valence-electron chi connectivity index (χ2n) is 6.27. The minimum absolute atomic E-state index is 0.204. The standard InChI is InChI=1S/C20H21N3O3S/c1-3-4-15-5-11-18(12-6-15)27(25,26)22-17-9-7-16(8-10-17)19(24)20-21-13-14-23(20)2/h5-14,22H,3-4H2,1-2H3. The maximum atomic E-state index is 12.5. The molecule has 27 heavy (non-hydrogen) atoms. The quantitative estimate of drug-likeness (QED) is 0.634. The smallest absolute Gasteiger partial charge is 0.261 e.